The van der Waals surface area contributed by atoms with Crippen LogP contribution in [0.25, 0.3) is 0 Å². The Kier molecular flexibility index (Phi) is 4.51. The van der Waals surface area contributed by atoms with Gasteiger partial charge in [-0.3, -0.25) is 0 Å². The normalized spacial score (nSPS) is 26.2. The molecule has 2 fully saturated rings. The van der Waals surface area contributed by atoms with E-state index in [1.54, 1.807) is 0 Å². The van der Waals surface area contributed by atoms with Gasteiger partial charge in [0.05, 0.1) is 17.9 Å². The number of anilines is 1. The fourth-order valence-electron chi connectivity index (χ4n) is 3.17. The summed E-state index contributed by atoms with van der Waals surface area (Å²) >= 11 is 0. The molecule has 0 aromatic carbocycles. The Morgan fingerprint density at radius 2 is 2.04 bits per heavy atom. The topological polar surface area (TPSA) is 67.3 Å². The van der Waals surface area contributed by atoms with Gasteiger partial charge in [0, 0.05) is 38.0 Å². The standard InChI is InChI=1S/C16H23F2N3O2/c1-11-20-13(12-2-7-23-9-12)8-14(21-11)19-10-15(22)3-5-16(17,18)6-4-15/h8,12,22H,2-7,9-10H2,1H3,(H,19,20,21). The van der Waals surface area contributed by atoms with Gasteiger partial charge in [0.1, 0.15) is 11.6 Å². The number of aliphatic hydroxyl groups is 1. The van der Waals surface area contributed by atoms with E-state index in [4.69, 9.17) is 4.74 Å². The lowest BCUT2D eigenvalue weighted by Crippen LogP contribution is -2.43. The zero-order valence-electron chi connectivity index (χ0n) is 13.3. The van der Waals surface area contributed by atoms with E-state index < -0.39 is 11.5 Å². The summed E-state index contributed by atoms with van der Waals surface area (Å²) in [5.74, 6) is -1.09. The molecule has 3 rings (SSSR count). The van der Waals surface area contributed by atoms with Crippen molar-refractivity contribution in [2.75, 3.05) is 25.1 Å². The molecule has 2 N–H and O–H groups in total. The highest BCUT2D eigenvalue weighted by Crippen LogP contribution is 2.38. The molecule has 1 unspecified atom stereocenters. The molecule has 0 bridgehead atoms. The number of hydrogen-bond donors (Lipinski definition) is 2. The SMILES string of the molecule is Cc1nc(NCC2(O)CCC(F)(F)CC2)cc(C2CCOC2)n1. The van der Waals surface area contributed by atoms with Gasteiger partial charge in [-0.2, -0.15) is 0 Å². The first kappa shape index (κ1) is 16.5. The molecule has 1 aromatic rings. The average Bonchev–Trinajstić information content (AvgIpc) is 3.03. The third-order valence-corrected chi connectivity index (χ3v) is 4.72. The second-order valence-corrected chi connectivity index (χ2v) is 6.72. The highest BCUT2D eigenvalue weighted by Gasteiger charge is 2.42. The number of nitrogens with zero attached hydrogens (tertiary/aromatic N) is 2. The zero-order chi connectivity index (χ0) is 16.5. The highest BCUT2D eigenvalue weighted by molar-refractivity contribution is 5.37. The lowest BCUT2D eigenvalue weighted by atomic mass is 9.83. The number of nitrogens with one attached hydrogen (secondary N) is 1. The number of halogens is 2. The number of aromatic nitrogens is 2. The third-order valence-electron chi connectivity index (χ3n) is 4.72. The first-order chi connectivity index (χ1) is 10.9. The van der Waals surface area contributed by atoms with E-state index in [0.29, 0.717) is 18.2 Å². The van der Waals surface area contributed by atoms with Crippen LogP contribution in [0.1, 0.15) is 49.5 Å². The van der Waals surface area contributed by atoms with Gasteiger partial charge in [-0.1, -0.05) is 0 Å². The Hall–Kier alpha value is -1.34. The molecule has 2 aliphatic rings. The van der Waals surface area contributed by atoms with Crippen molar-refractivity contribution in [1.82, 2.24) is 9.97 Å². The lowest BCUT2D eigenvalue weighted by Gasteiger charge is -2.36. The van der Waals surface area contributed by atoms with Crippen molar-refractivity contribution in [2.24, 2.45) is 0 Å². The predicted molar refractivity (Wildman–Crippen MR) is 81.8 cm³/mol. The van der Waals surface area contributed by atoms with Crippen LogP contribution < -0.4 is 5.32 Å². The summed E-state index contributed by atoms with van der Waals surface area (Å²) in [6.45, 7) is 3.44. The second-order valence-electron chi connectivity index (χ2n) is 6.72. The quantitative estimate of drug-likeness (QED) is 0.890. The van der Waals surface area contributed by atoms with Crippen LogP contribution in [0.3, 0.4) is 0 Å². The molecule has 5 nitrogen and oxygen atoms in total. The van der Waals surface area contributed by atoms with E-state index >= 15 is 0 Å². The largest absolute Gasteiger partial charge is 0.388 e. The van der Waals surface area contributed by atoms with Crippen molar-refractivity contribution in [1.29, 1.82) is 0 Å². The molecule has 23 heavy (non-hydrogen) atoms. The Bertz CT molecular complexity index is 552. The number of aryl methyl sites for hydroxylation is 1. The summed E-state index contributed by atoms with van der Waals surface area (Å²) in [5.41, 5.74) is -0.170. The van der Waals surface area contributed by atoms with Gasteiger partial charge >= 0.3 is 0 Å². The summed E-state index contributed by atoms with van der Waals surface area (Å²) in [6, 6.07) is 1.87. The number of hydrogen-bond acceptors (Lipinski definition) is 5. The van der Waals surface area contributed by atoms with Gasteiger partial charge in [-0.25, -0.2) is 18.7 Å². The van der Waals surface area contributed by atoms with Crippen LogP contribution >= 0.6 is 0 Å². The molecule has 1 aliphatic heterocycles. The third kappa shape index (κ3) is 4.14. The Morgan fingerprint density at radius 1 is 1.30 bits per heavy atom. The van der Waals surface area contributed by atoms with Gasteiger partial charge < -0.3 is 15.2 Å². The molecule has 0 amide bonds. The minimum Gasteiger partial charge on any atom is -0.388 e. The molecule has 1 saturated heterocycles. The molecule has 1 atom stereocenters. The number of ether oxygens (including phenoxy) is 1. The van der Waals surface area contributed by atoms with Gasteiger partial charge in [0.25, 0.3) is 0 Å². The molecule has 1 aliphatic carbocycles. The van der Waals surface area contributed by atoms with E-state index in [0.717, 1.165) is 18.7 Å². The molecule has 2 heterocycles. The van der Waals surface area contributed by atoms with E-state index in [2.05, 4.69) is 15.3 Å². The van der Waals surface area contributed by atoms with Crippen LogP contribution in [0.5, 0.6) is 0 Å². The smallest absolute Gasteiger partial charge is 0.248 e. The van der Waals surface area contributed by atoms with Crippen molar-refractivity contribution in [3.8, 4) is 0 Å². The van der Waals surface area contributed by atoms with E-state index in [1.807, 2.05) is 13.0 Å². The van der Waals surface area contributed by atoms with Crippen LogP contribution in [-0.4, -0.2) is 46.4 Å². The summed E-state index contributed by atoms with van der Waals surface area (Å²) in [6.07, 6.45) is 0.604. The van der Waals surface area contributed by atoms with E-state index in [-0.39, 0.29) is 38.1 Å². The fraction of sp³-hybridized carbons (Fsp3) is 0.750. The maximum atomic E-state index is 13.2. The molecule has 0 radical (unpaired) electrons. The van der Waals surface area contributed by atoms with Crippen molar-refractivity contribution in [3.63, 3.8) is 0 Å². The Labute approximate surface area is 134 Å². The van der Waals surface area contributed by atoms with Gasteiger partial charge in [-0.15, -0.1) is 0 Å². The number of alkyl halides is 2. The average molecular weight is 327 g/mol. The second kappa shape index (κ2) is 6.28. The van der Waals surface area contributed by atoms with Crippen LogP contribution in [-0.2, 0) is 4.74 Å². The molecule has 128 valence electrons. The highest BCUT2D eigenvalue weighted by atomic mass is 19.3. The van der Waals surface area contributed by atoms with Crippen LogP contribution in [0.2, 0.25) is 0 Å². The fourth-order valence-corrected chi connectivity index (χ4v) is 3.17. The number of rotatable bonds is 4. The van der Waals surface area contributed by atoms with Gasteiger partial charge in [0.15, 0.2) is 0 Å². The molecule has 1 aromatic heterocycles. The Balaban J connectivity index is 1.64. The van der Waals surface area contributed by atoms with Crippen molar-refractivity contribution in [2.45, 2.75) is 56.5 Å². The maximum Gasteiger partial charge on any atom is 0.248 e. The minimum absolute atomic E-state index is 0.0976. The lowest BCUT2D eigenvalue weighted by molar-refractivity contribution is -0.0978. The molecule has 7 heteroatoms. The summed E-state index contributed by atoms with van der Waals surface area (Å²) in [4.78, 5) is 8.78. The maximum absolute atomic E-state index is 13.2. The summed E-state index contributed by atoms with van der Waals surface area (Å²) in [7, 11) is 0. The zero-order valence-corrected chi connectivity index (χ0v) is 13.3. The van der Waals surface area contributed by atoms with Crippen molar-refractivity contribution < 1.29 is 18.6 Å². The molecular formula is C16H23F2N3O2. The summed E-state index contributed by atoms with van der Waals surface area (Å²) in [5, 5.41) is 13.6. The van der Waals surface area contributed by atoms with Gasteiger partial charge in [0.2, 0.25) is 5.92 Å². The molecule has 0 spiro atoms. The minimum atomic E-state index is -2.65. The van der Waals surface area contributed by atoms with E-state index in [1.165, 1.54) is 0 Å². The predicted octanol–water partition coefficient (Wildman–Crippen LogP) is 2.64. The van der Waals surface area contributed by atoms with Gasteiger partial charge in [-0.05, 0) is 26.2 Å². The van der Waals surface area contributed by atoms with Crippen LogP contribution in [0.4, 0.5) is 14.6 Å². The Morgan fingerprint density at radius 3 is 2.70 bits per heavy atom. The first-order valence-electron chi connectivity index (χ1n) is 8.13. The molecule has 1 saturated carbocycles. The van der Waals surface area contributed by atoms with Crippen molar-refractivity contribution >= 4 is 5.82 Å². The molecular weight excluding hydrogens is 304 g/mol. The van der Waals surface area contributed by atoms with Crippen LogP contribution in [0, 0.1) is 6.92 Å². The first-order valence-corrected chi connectivity index (χ1v) is 8.13. The van der Waals surface area contributed by atoms with Crippen LogP contribution in [0.15, 0.2) is 6.07 Å². The monoisotopic (exact) mass is 327 g/mol. The van der Waals surface area contributed by atoms with Crippen molar-refractivity contribution in [3.05, 3.63) is 17.6 Å². The summed E-state index contributed by atoms with van der Waals surface area (Å²) < 4.78 is 31.8. The van der Waals surface area contributed by atoms with E-state index in [9.17, 15) is 13.9 Å².